The molecular formula is C15H15FN2OS. The first-order chi connectivity index (χ1) is 9.79. The summed E-state index contributed by atoms with van der Waals surface area (Å²) in [4.78, 5) is 4.93. The average molecular weight is 290 g/mol. The number of para-hydroxylation sites is 1. The number of pyridine rings is 1. The Bertz CT molecular complexity index is 608. The monoisotopic (exact) mass is 290 g/mol. The van der Waals surface area contributed by atoms with Crippen molar-refractivity contribution in [2.45, 2.75) is 17.0 Å². The van der Waals surface area contributed by atoms with Crippen LogP contribution in [0.15, 0.2) is 47.6 Å². The molecule has 20 heavy (non-hydrogen) atoms. The van der Waals surface area contributed by atoms with Gasteiger partial charge in [0.1, 0.15) is 17.7 Å². The van der Waals surface area contributed by atoms with Gasteiger partial charge in [-0.3, -0.25) is 4.98 Å². The minimum absolute atomic E-state index is 0.114. The maximum atomic E-state index is 13.9. The van der Waals surface area contributed by atoms with Crippen molar-refractivity contribution in [3.8, 4) is 5.75 Å². The molecule has 0 spiro atoms. The Morgan fingerprint density at radius 1 is 1.40 bits per heavy atom. The molecule has 0 saturated heterocycles. The van der Waals surface area contributed by atoms with Gasteiger partial charge in [-0.15, -0.1) is 11.8 Å². The topological polar surface area (TPSA) is 34.2 Å². The van der Waals surface area contributed by atoms with E-state index in [2.05, 4.69) is 10.3 Å². The van der Waals surface area contributed by atoms with Crippen LogP contribution in [0.3, 0.4) is 0 Å². The number of halogens is 1. The van der Waals surface area contributed by atoms with E-state index in [1.807, 2.05) is 31.3 Å². The number of rotatable bonds is 3. The quantitative estimate of drug-likeness (QED) is 0.942. The molecule has 1 aromatic heterocycles. The van der Waals surface area contributed by atoms with Gasteiger partial charge >= 0.3 is 0 Å². The number of hydrogen-bond acceptors (Lipinski definition) is 4. The Morgan fingerprint density at radius 3 is 3.05 bits per heavy atom. The molecule has 1 aromatic carbocycles. The molecule has 1 aliphatic heterocycles. The van der Waals surface area contributed by atoms with E-state index in [9.17, 15) is 4.39 Å². The molecular weight excluding hydrogens is 275 g/mol. The van der Waals surface area contributed by atoms with Crippen LogP contribution in [0.25, 0.3) is 0 Å². The second kappa shape index (κ2) is 5.81. The predicted octanol–water partition coefficient (Wildman–Crippen LogP) is 3.03. The van der Waals surface area contributed by atoms with E-state index in [1.54, 1.807) is 24.0 Å². The predicted molar refractivity (Wildman–Crippen MR) is 77.6 cm³/mol. The molecule has 0 fully saturated rings. The number of benzene rings is 1. The summed E-state index contributed by atoms with van der Waals surface area (Å²) in [5, 5.41) is 3.15. The highest BCUT2D eigenvalue weighted by atomic mass is 32.2. The Morgan fingerprint density at radius 2 is 2.25 bits per heavy atom. The van der Waals surface area contributed by atoms with E-state index < -0.39 is 0 Å². The minimum Gasteiger partial charge on any atom is -0.486 e. The number of thioether (sulfide) groups is 1. The lowest BCUT2D eigenvalue weighted by Gasteiger charge is -2.32. The second-order valence-electron chi connectivity index (χ2n) is 4.58. The highest BCUT2D eigenvalue weighted by molar-refractivity contribution is 7.99. The van der Waals surface area contributed by atoms with Crippen LogP contribution in [-0.4, -0.2) is 23.9 Å². The van der Waals surface area contributed by atoms with E-state index in [0.717, 1.165) is 16.4 Å². The lowest BCUT2D eigenvalue weighted by molar-refractivity contribution is 0.169. The first-order valence-corrected chi connectivity index (χ1v) is 7.43. The number of hydrogen-bond donors (Lipinski definition) is 1. The molecule has 0 aliphatic carbocycles. The lowest BCUT2D eigenvalue weighted by Crippen LogP contribution is -2.37. The molecule has 5 heteroatoms. The molecule has 2 atom stereocenters. The number of ether oxygens (including phenoxy) is 1. The molecule has 0 radical (unpaired) electrons. The first kappa shape index (κ1) is 13.4. The van der Waals surface area contributed by atoms with E-state index in [1.165, 1.54) is 6.20 Å². The van der Waals surface area contributed by atoms with Crippen molar-refractivity contribution in [3.63, 3.8) is 0 Å². The van der Waals surface area contributed by atoms with Crippen molar-refractivity contribution >= 4 is 11.8 Å². The lowest BCUT2D eigenvalue weighted by atomic mass is 10.0. The van der Waals surface area contributed by atoms with Gasteiger partial charge in [0.2, 0.25) is 0 Å². The number of fused-ring (bicyclic) bond motifs is 1. The summed E-state index contributed by atoms with van der Waals surface area (Å²) >= 11 is 1.74. The third-order valence-corrected chi connectivity index (χ3v) is 4.50. The van der Waals surface area contributed by atoms with Crippen molar-refractivity contribution in [2.24, 2.45) is 0 Å². The fraction of sp³-hybridized carbons (Fsp3) is 0.267. The molecule has 2 aromatic rings. The Labute approximate surface area is 121 Å². The van der Waals surface area contributed by atoms with Crippen LogP contribution in [0.5, 0.6) is 5.75 Å². The summed E-state index contributed by atoms with van der Waals surface area (Å²) in [6, 6.07) is 9.43. The summed E-state index contributed by atoms with van der Waals surface area (Å²) in [7, 11) is 1.82. The zero-order valence-electron chi connectivity index (χ0n) is 11.0. The maximum absolute atomic E-state index is 13.9. The van der Waals surface area contributed by atoms with Crippen molar-refractivity contribution in [3.05, 3.63) is 54.1 Å². The Hall–Kier alpha value is -1.59. The van der Waals surface area contributed by atoms with Gasteiger partial charge in [-0.1, -0.05) is 12.1 Å². The summed E-state index contributed by atoms with van der Waals surface area (Å²) in [5.74, 6) is 1.34. The van der Waals surface area contributed by atoms with Crippen LogP contribution in [-0.2, 0) is 0 Å². The van der Waals surface area contributed by atoms with Gasteiger partial charge in [0, 0.05) is 22.4 Å². The van der Waals surface area contributed by atoms with Gasteiger partial charge in [-0.2, -0.15) is 0 Å². The first-order valence-electron chi connectivity index (χ1n) is 6.44. The van der Waals surface area contributed by atoms with Gasteiger partial charge in [0.05, 0.1) is 12.2 Å². The van der Waals surface area contributed by atoms with E-state index in [-0.39, 0.29) is 18.0 Å². The number of nitrogens with zero attached hydrogens (tertiary/aromatic N) is 1. The SMILES string of the molecule is CNC(c1ccncc1F)C1CSc2ccccc2O1. The molecule has 1 N–H and O–H groups in total. The summed E-state index contributed by atoms with van der Waals surface area (Å²) in [6.07, 6.45) is 2.73. The van der Waals surface area contributed by atoms with Crippen molar-refractivity contribution in [1.29, 1.82) is 0 Å². The van der Waals surface area contributed by atoms with E-state index in [0.29, 0.717) is 5.56 Å². The van der Waals surface area contributed by atoms with Crippen molar-refractivity contribution < 1.29 is 9.13 Å². The Kier molecular flexibility index (Phi) is 3.89. The zero-order valence-corrected chi connectivity index (χ0v) is 11.9. The molecule has 3 nitrogen and oxygen atoms in total. The van der Waals surface area contributed by atoms with Gasteiger partial charge in [0.25, 0.3) is 0 Å². The smallest absolute Gasteiger partial charge is 0.146 e. The molecule has 1 aliphatic rings. The molecule has 0 amide bonds. The standard InChI is InChI=1S/C15H15FN2OS/c1-17-15(10-6-7-18-8-11(10)16)13-9-20-14-5-3-2-4-12(14)19-13/h2-8,13,15,17H,9H2,1H3. The highest BCUT2D eigenvalue weighted by Gasteiger charge is 2.29. The molecule has 104 valence electrons. The van der Waals surface area contributed by atoms with Gasteiger partial charge in [-0.25, -0.2) is 4.39 Å². The number of aromatic nitrogens is 1. The number of likely N-dealkylation sites (N-methyl/N-ethyl adjacent to an activating group) is 1. The normalized spacial score (nSPS) is 19.0. The van der Waals surface area contributed by atoms with Crippen LogP contribution in [0.2, 0.25) is 0 Å². The molecule has 0 bridgehead atoms. The summed E-state index contributed by atoms with van der Waals surface area (Å²) in [6.45, 7) is 0. The van der Waals surface area contributed by atoms with Crippen molar-refractivity contribution in [2.75, 3.05) is 12.8 Å². The molecule has 0 saturated carbocycles. The van der Waals surface area contributed by atoms with Gasteiger partial charge < -0.3 is 10.1 Å². The molecule has 2 unspecified atom stereocenters. The van der Waals surface area contributed by atoms with Gasteiger partial charge in [0.15, 0.2) is 0 Å². The highest BCUT2D eigenvalue weighted by Crippen LogP contribution is 2.38. The third-order valence-electron chi connectivity index (χ3n) is 3.35. The van der Waals surface area contributed by atoms with Crippen LogP contribution in [0, 0.1) is 5.82 Å². The van der Waals surface area contributed by atoms with Crippen molar-refractivity contribution in [1.82, 2.24) is 10.3 Å². The average Bonchev–Trinajstić information content (AvgIpc) is 2.50. The minimum atomic E-state index is -0.306. The zero-order chi connectivity index (χ0) is 13.9. The second-order valence-corrected chi connectivity index (χ2v) is 5.64. The van der Waals surface area contributed by atoms with Crippen LogP contribution in [0.1, 0.15) is 11.6 Å². The maximum Gasteiger partial charge on any atom is 0.146 e. The Balaban J connectivity index is 1.87. The summed E-state index contributed by atoms with van der Waals surface area (Å²) in [5.41, 5.74) is 0.590. The van der Waals surface area contributed by atoms with Gasteiger partial charge in [-0.05, 0) is 25.2 Å². The summed E-state index contributed by atoms with van der Waals surface area (Å²) < 4.78 is 19.9. The van der Waals surface area contributed by atoms with Crippen LogP contribution in [0.4, 0.5) is 4.39 Å². The van der Waals surface area contributed by atoms with E-state index >= 15 is 0 Å². The largest absolute Gasteiger partial charge is 0.486 e. The van der Waals surface area contributed by atoms with Crippen LogP contribution < -0.4 is 10.1 Å². The fourth-order valence-corrected chi connectivity index (χ4v) is 3.42. The van der Waals surface area contributed by atoms with Crippen LogP contribution >= 0.6 is 11.8 Å². The van der Waals surface area contributed by atoms with E-state index in [4.69, 9.17) is 4.74 Å². The fourth-order valence-electron chi connectivity index (χ4n) is 2.38. The third kappa shape index (κ3) is 2.51. The number of nitrogens with one attached hydrogen (secondary N) is 1. The molecule has 3 rings (SSSR count). The molecule has 2 heterocycles.